The van der Waals surface area contributed by atoms with Crippen LogP contribution in [0.25, 0.3) is 0 Å². The van der Waals surface area contributed by atoms with Crippen LogP contribution in [0.1, 0.15) is 35.0 Å². The van der Waals surface area contributed by atoms with Crippen LogP contribution in [0.4, 0.5) is 4.39 Å². The van der Waals surface area contributed by atoms with Gasteiger partial charge in [0.1, 0.15) is 23.2 Å². The van der Waals surface area contributed by atoms with Gasteiger partial charge in [0.15, 0.2) is 0 Å². The molecule has 2 atom stereocenters. The summed E-state index contributed by atoms with van der Waals surface area (Å²) in [6, 6.07) is 6.25. The van der Waals surface area contributed by atoms with Gasteiger partial charge in [-0.05, 0) is 31.0 Å². The Morgan fingerprint density at radius 3 is 3.04 bits per heavy atom. The van der Waals surface area contributed by atoms with E-state index in [0.29, 0.717) is 13.2 Å². The molecule has 1 N–H and O–H groups in total. The van der Waals surface area contributed by atoms with E-state index >= 15 is 0 Å². The molecule has 1 fully saturated rings. The van der Waals surface area contributed by atoms with Crippen LogP contribution in [0, 0.1) is 11.7 Å². The minimum Gasteiger partial charge on any atom is -0.496 e. The first kappa shape index (κ1) is 17.4. The number of carbonyl (C=O) groups is 1. The van der Waals surface area contributed by atoms with Gasteiger partial charge in [0, 0.05) is 32.3 Å². The SMILES string of the molecule is COc1cccc(F)c1C(=O)NC[C@@H]1CCCO[C@H]1c1ccnn1C. The number of rotatable bonds is 5. The maximum absolute atomic E-state index is 14.0. The average molecular weight is 347 g/mol. The second-order valence-corrected chi connectivity index (χ2v) is 6.10. The molecule has 1 aliphatic heterocycles. The van der Waals surface area contributed by atoms with Crippen molar-refractivity contribution in [3.8, 4) is 5.75 Å². The Labute approximate surface area is 145 Å². The van der Waals surface area contributed by atoms with Gasteiger partial charge in [-0.1, -0.05) is 6.07 Å². The highest BCUT2D eigenvalue weighted by atomic mass is 19.1. The number of ether oxygens (including phenoxy) is 2. The fraction of sp³-hybridized carbons (Fsp3) is 0.444. The minimum atomic E-state index is -0.597. The maximum Gasteiger partial charge on any atom is 0.258 e. The molecule has 0 radical (unpaired) electrons. The summed E-state index contributed by atoms with van der Waals surface area (Å²) in [6.45, 7) is 1.08. The van der Waals surface area contributed by atoms with Gasteiger partial charge in [-0.25, -0.2) is 4.39 Å². The van der Waals surface area contributed by atoms with Crippen LogP contribution in [-0.2, 0) is 11.8 Å². The molecule has 134 valence electrons. The molecule has 1 aromatic heterocycles. The number of carbonyl (C=O) groups excluding carboxylic acids is 1. The van der Waals surface area contributed by atoms with Crippen molar-refractivity contribution in [3.05, 3.63) is 47.5 Å². The zero-order valence-corrected chi connectivity index (χ0v) is 14.4. The van der Waals surface area contributed by atoms with Crippen molar-refractivity contribution in [2.75, 3.05) is 20.3 Å². The highest BCUT2D eigenvalue weighted by Gasteiger charge is 2.30. The maximum atomic E-state index is 14.0. The molecule has 1 aliphatic rings. The number of halogens is 1. The number of aryl methyl sites for hydroxylation is 1. The molecule has 1 amide bonds. The van der Waals surface area contributed by atoms with Crippen molar-refractivity contribution in [1.82, 2.24) is 15.1 Å². The zero-order valence-electron chi connectivity index (χ0n) is 14.4. The molecule has 1 saturated heterocycles. The monoisotopic (exact) mass is 347 g/mol. The van der Waals surface area contributed by atoms with E-state index in [1.807, 2.05) is 13.1 Å². The zero-order chi connectivity index (χ0) is 17.8. The Hall–Kier alpha value is -2.41. The molecular formula is C18H22FN3O3. The molecule has 0 saturated carbocycles. The number of amides is 1. The molecule has 3 rings (SSSR count). The first-order valence-electron chi connectivity index (χ1n) is 8.32. The first-order chi connectivity index (χ1) is 12.1. The second kappa shape index (κ2) is 7.65. The highest BCUT2D eigenvalue weighted by Crippen LogP contribution is 2.33. The highest BCUT2D eigenvalue weighted by molar-refractivity contribution is 5.97. The van der Waals surface area contributed by atoms with Crippen molar-refractivity contribution >= 4 is 5.91 Å². The van der Waals surface area contributed by atoms with Crippen LogP contribution >= 0.6 is 0 Å². The predicted molar refractivity (Wildman–Crippen MR) is 89.9 cm³/mol. The molecular weight excluding hydrogens is 325 g/mol. The topological polar surface area (TPSA) is 65.4 Å². The van der Waals surface area contributed by atoms with E-state index in [-0.39, 0.29) is 23.3 Å². The molecule has 0 bridgehead atoms. The summed E-state index contributed by atoms with van der Waals surface area (Å²) in [5.74, 6) is -0.754. The molecule has 25 heavy (non-hydrogen) atoms. The number of nitrogens with zero attached hydrogens (tertiary/aromatic N) is 2. The van der Waals surface area contributed by atoms with Crippen molar-refractivity contribution in [2.45, 2.75) is 18.9 Å². The molecule has 7 heteroatoms. The number of nitrogens with one attached hydrogen (secondary N) is 1. The Morgan fingerprint density at radius 1 is 1.48 bits per heavy atom. The fourth-order valence-corrected chi connectivity index (χ4v) is 3.25. The van der Waals surface area contributed by atoms with Crippen molar-refractivity contribution in [2.24, 2.45) is 13.0 Å². The number of methoxy groups -OCH3 is 1. The predicted octanol–water partition coefficient (Wildman–Crippen LogP) is 2.47. The quantitative estimate of drug-likeness (QED) is 0.902. The van der Waals surface area contributed by atoms with E-state index in [0.717, 1.165) is 18.5 Å². The molecule has 2 aromatic rings. The van der Waals surface area contributed by atoms with E-state index in [1.54, 1.807) is 16.9 Å². The summed E-state index contributed by atoms with van der Waals surface area (Å²) in [5, 5.41) is 7.01. The molecule has 0 spiro atoms. The van der Waals surface area contributed by atoms with Crippen LogP contribution in [0.3, 0.4) is 0 Å². The van der Waals surface area contributed by atoms with Crippen LogP contribution in [0.15, 0.2) is 30.5 Å². The second-order valence-electron chi connectivity index (χ2n) is 6.10. The largest absolute Gasteiger partial charge is 0.496 e. The van der Waals surface area contributed by atoms with Gasteiger partial charge in [0.05, 0.1) is 12.8 Å². The van der Waals surface area contributed by atoms with Gasteiger partial charge in [0.2, 0.25) is 0 Å². The summed E-state index contributed by atoms with van der Waals surface area (Å²) in [7, 11) is 3.28. The normalized spacial score (nSPS) is 20.3. The summed E-state index contributed by atoms with van der Waals surface area (Å²) >= 11 is 0. The summed E-state index contributed by atoms with van der Waals surface area (Å²) < 4.78 is 26.8. The Bertz CT molecular complexity index is 747. The van der Waals surface area contributed by atoms with Gasteiger partial charge < -0.3 is 14.8 Å². The van der Waals surface area contributed by atoms with Crippen LogP contribution in [0.2, 0.25) is 0 Å². The Morgan fingerprint density at radius 2 is 2.32 bits per heavy atom. The average Bonchev–Trinajstić information content (AvgIpc) is 3.05. The van der Waals surface area contributed by atoms with E-state index in [4.69, 9.17) is 9.47 Å². The van der Waals surface area contributed by atoms with Gasteiger partial charge >= 0.3 is 0 Å². The molecule has 0 aliphatic carbocycles. The van der Waals surface area contributed by atoms with Gasteiger partial charge in [-0.3, -0.25) is 9.48 Å². The third-order valence-electron chi connectivity index (χ3n) is 4.54. The third-order valence-corrected chi connectivity index (χ3v) is 4.54. The number of hydrogen-bond donors (Lipinski definition) is 1. The minimum absolute atomic E-state index is 0.0705. The molecule has 0 unspecified atom stereocenters. The van der Waals surface area contributed by atoms with Crippen LogP contribution in [0.5, 0.6) is 5.75 Å². The molecule has 1 aromatic carbocycles. The van der Waals surface area contributed by atoms with Crippen molar-refractivity contribution in [1.29, 1.82) is 0 Å². The Kier molecular flexibility index (Phi) is 5.33. The molecule has 6 nitrogen and oxygen atoms in total. The lowest BCUT2D eigenvalue weighted by atomic mass is 9.92. The van der Waals surface area contributed by atoms with Gasteiger partial charge in [-0.15, -0.1) is 0 Å². The summed E-state index contributed by atoms with van der Waals surface area (Å²) in [5.41, 5.74) is 0.904. The number of aromatic nitrogens is 2. The van der Waals surface area contributed by atoms with E-state index in [1.165, 1.54) is 19.2 Å². The summed E-state index contributed by atoms with van der Waals surface area (Å²) in [4.78, 5) is 12.5. The fourth-order valence-electron chi connectivity index (χ4n) is 3.25. The summed E-state index contributed by atoms with van der Waals surface area (Å²) in [6.07, 6.45) is 3.44. The van der Waals surface area contributed by atoms with Crippen LogP contribution < -0.4 is 10.1 Å². The lowest BCUT2D eigenvalue weighted by molar-refractivity contribution is -0.0317. The van der Waals surface area contributed by atoms with E-state index < -0.39 is 11.7 Å². The molecule has 2 heterocycles. The lowest BCUT2D eigenvalue weighted by Gasteiger charge is -2.32. The van der Waals surface area contributed by atoms with Crippen molar-refractivity contribution < 1.29 is 18.7 Å². The van der Waals surface area contributed by atoms with Gasteiger partial charge in [-0.2, -0.15) is 5.10 Å². The number of benzene rings is 1. The van der Waals surface area contributed by atoms with E-state index in [2.05, 4.69) is 10.4 Å². The Balaban J connectivity index is 1.72. The third kappa shape index (κ3) is 3.66. The van der Waals surface area contributed by atoms with Gasteiger partial charge in [0.25, 0.3) is 5.91 Å². The smallest absolute Gasteiger partial charge is 0.258 e. The van der Waals surface area contributed by atoms with Crippen LogP contribution in [-0.4, -0.2) is 35.9 Å². The van der Waals surface area contributed by atoms with E-state index in [9.17, 15) is 9.18 Å². The first-order valence-corrected chi connectivity index (χ1v) is 8.32. The van der Waals surface area contributed by atoms with Crippen molar-refractivity contribution in [3.63, 3.8) is 0 Å². The lowest BCUT2D eigenvalue weighted by Crippen LogP contribution is -2.36. The standard InChI is InChI=1S/C18H22FN3O3/c1-22-14(8-9-21-22)17-12(5-4-10-25-17)11-20-18(23)16-13(19)6-3-7-15(16)24-2/h3,6-9,12,17H,4-5,10-11H2,1-2H3,(H,20,23)/t12-,17+/m0/s1. The number of hydrogen-bond acceptors (Lipinski definition) is 4.